The van der Waals surface area contributed by atoms with Gasteiger partial charge in [-0.05, 0) is 57.1 Å². The van der Waals surface area contributed by atoms with E-state index in [-0.39, 0.29) is 11.5 Å². The summed E-state index contributed by atoms with van der Waals surface area (Å²) >= 11 is 1.26. The molecule has 1 aliphatic rings. The van der Waals surface area contributed by atoms with Crippen LogP contribution in [0.2, 0.25) is 0 Å². The summed E-state index contributed by atoms with van der Waals surface area (Å²) in [5.74, 6) is -0.201. The number of fused-ring (bicyclic) bond motifs is 3. The second kappa shape index (κ2) is 8.22. The predicted octanol–water partition coefficient (Wildman–Crippen LogP) is 1.89. The number of carbonyl (C=O) groups is 1. The van der Waals surface area contributed by atoms with Crippen molar-refractivity contribution in [1.82, 2.24) is 24.5 Å². The number of nitrogens with zero attached hydrogens (tertiary/aromatic N) is 4. The maximum absolute atomic E-state index is 12.7. The average molecular weight is 414 g/mol. The van der Waals surface area contributed by atoms with Crippen LogP contribution in [0, 0.1) is 13.8 Å². The van der Waals surface area contributed by atoms with Gasteiger partial charge in [0, 0.05) is 38.8 Å². The zero-order valence-electron chi connectivity index (χ0n) is 17.2. The smallest absolute Gasteiger partial charge is 0.261 e. The minimum atomic E-state index is -0.216. The molecule has 154 valence electrons. The number of likely N-dealkylation sites (N-methyl/N-ethyl adjacent to an activating group) is 1. The first kappa shape index (κ1) is 20.0. The van der Waals surface area contributed by atoms with Gasteiger partial charge in [0.25, 0.3) is 11.5 Å². The first-order chi connectivity index (χ1) is 13.9. The lowest BCUT2D eigenvalue weighted by Gasteiger charge is -2.32. The van der Waals surface area contributed by atoms with Gasteiger partial charge in [-0.1, -0.05) is 11.3 Å². The van der Waals surface area contributed by atoms with E-state index in [0.29, 0.717) is 16.4 Å². The molecule has 0 atom stereocenters. The Bertz CT molecular complexity index is 1110. The Morgan fingerprint density at radius 2 is 1.86 bits per heavy atom. The van der Waals surface area contributed by atoms with E-state index in [1.807, 2.05) is 26.0 Å². The van der Waals surface area contributed by atoms with Crippen molar-refractivity contribution < 1.29 is 4.79 Å². The molecule has 0 spiro atoms. The molecule has 4 rings (SSSR count). The van der Waals surface area contributed by atoms with E-state index in [0.717, 1.165) is 61.3 Å². The predicted molar refractivity (Wildman–Crippen MR) is 117 cm³/mol. The standard InChI is InChI=1S/C21H27N5O2S/c1-14-11-16-17(12-15(14)2)26-19(27)13-18(29-21(26)23-16)20(28)22-5-4-6-25-9-7-24(3)8-10-25/h11-13H,4-10H2,1-3H3,(H,22,28). The zero-order chi connectivity index (χ0) is 20.5. The Balaban J connectivity index is 1.44. The molecule has 29 heavy (non-hydrogen) atoms. The number of rotatable bonds is 5. The number of benzene rings is 1. The van der Waals surface area contributed by atoms with Gasteiger partial charge in [-0.25, -0.2) is 4.98 Å². The van der Waals surface area contributed by atoms with Crippen LogP contribution in [-0.2, 0) is 0 Å². The van der Waals surface area contributed by atoms with Crippen LogP contribution < -0.4 is 10.9 Å². The Hall–Kier alpha value is -2.29. The molecule has 7 nitrogen and oxygen atoms in total. The molecule has 1 fully saturated rings. The molecule has 0 aliphatic carbocycles. The van der Waals surface area contributed by atoms with Crippen molar-refractivity contribution in [1.29, 1.82) is 0 Å². The largest absolute Gasteiger partial charge is 0.351 e. The molecule has 1 aliphatic heterocycles. The van der Waals surface area contributed by atoms with Gasteiger partial charge in [-0.15, -0.1) is 0 Å². The number of imidazole rings is 1. The second-order valence-corrected chi connectivity index (χ2v) is 8.87. The zero-order valence-corrected chi connectivity index (χ0v) is 18.0. The molecular formula is C21H27N5O2S. The van der Waals surface area contributed by atoms with Crippen molar-refractivity contribution in [2.45, 2.75) is 20.3 Å². The summed E-state index contributed by atoms with van der Waals surface area (Å²) in [5, 5.41) is 2.95. The first-order valence-electron chi connectivity index (χ1n) is 10.0. The molecule has 1 N–H and O–H groups in total. The highest BCUT2D eigenvalue weighted by Crippen LogP contribution is 2.22. The van der Waals surface area contributed by atoms with Crippen LogP contribution in [0.25, 0.3) is 16.0 Å². The number of nitrogens with one attached hydrogen (secondary N) is 1. The lowest BCUT2D eigenvalue weighted by atomic mass is 10.1. The van der Waals surface area contributed by atoms with Gasteiger partial charge in [0.15, 0.2) is 4.96 Å². The van der Waals surface area contributed by atoms with Crippen molar-refractivity contribution in [3.05, 3.63) is 44.6 Å². The summed E-state index contributed by atoms with van der Waals surface area (Å²) in [6.45, 7) is 9.98. The van der Waals surface area contributed by atoms with Gasteiger partial charge in [-0.2, -0.15) is 0 Å². The third-order valence-corrected chi connectivity index (χ3v) is 6.65. The van der Waals surface area contributed by atoms with Crippen LogP contribution in [0.4, 0.5) is 0 Å². The Labute approximate surface area is 174 Å². The highest BCUT2D eigenvalue weighted by molar-refractivity contribution is 7.18. The number of aryl methyl sites for hydroxylation is 2. The first-order valence-corrected chi connectivity index (χ1v) is 10.9. The van der Waals surface area contributed by atoms with Crippen molar-refractivity contribution >= 4 is 33.2 Å². The molecule has 8 heteroatoms. The van der Waals surface area contributed by atoms with Crippen molar-refractivity contribution in [3.63, 3.8) is 0 Å². The van der Waals surface area contributed by atoms with Gasteiger partial charge in [0.2, 0.25) is 0 Å². The molecule has 1 amide bonds. The minimum absolute atomic E-state index is 0.201. The number of carbonyl (C=O) groups excluding carboxylic acids is 1. The van der Waals surface area contributed by atoms with Gasteiger partial charge < -0.3 is 15.1 Å². The summed E-state index contributed by atoms with van der Waals surface area (Å²) in [6, 6.07) is 5.39. The third-order valence-electron chi connectivity index (χ3n) is 5.67. The topological polar surface area (TPSA) is 70.0 Å². The maximum Gasteiger partial charge on any atom is 0.261 e. The van der Waals surface area contributed by atoms with Crippen LogP contribution in [0.1, 0.15) is 27.2 Å². The number of piperazine rings is 1. The number of hydrogen-bond acceptors (Lipinski definition) is 6. The maximum atomic E-state index is 12.7. The molecular weight excluding hydrogens is 386 g/mol. The summed E-state index contributed by atoms with van der Waals surface area (Å²) in [7, 11) is 2.14. The van der Waals surface area contributed by atoms with E-state index in [4.69, 9.17) is 0 Å². The van der Waals surface area contributed by atoms with Crippen LogP contribution >= 0.6 is 11.3 Å². The number of amides is 1. The van der Waals surface area contributed by atoms with Crippen molar-refractivity contribution in [2.75, 3.05) is 46.3 Å². The molecule has 0 unspecified atom stereocenters. The molecule has 0 bridgehead atoms. The summed E-state index contributed by atoms with van der Waals surface area (Å²) in [4.78, 5) is 35.5. The average Bonchev–Trinajstić information content (AvgIpc) is 3.04. The number of hydrogen-bond donors (Lipinski definition) is 1. The third kappa shape index (κ3) is 4.19. The summed E-state index contributed by atoms with van der Waals surface area (Å²) in [5.41, 5.74) is 3.62. The van der Waals surface area contributed by atoms with E-state index < -0.39 is 0 Å². The number of aromatic nitrogens is 2. The highest BCUT2D eigenvalue weighted by Gasteiger charge is 2.16. The quantitative estimate of drug-likeness (QED) is 0.647. The SMILES string of the molecule is Cc1cc2nc3sc(C(=O)NCCCN4CCN(C)CC4)cc(=O)n3c2cc1C. The molecule has 0 saturated carbocycles. The Kier molecular flexibility index (Phi) is 5.67. The van der Waals surface area contributed by atoms with Crippen LogP contribution in [-0.4, -0.2) is 71.4 Å². The Morgan fingerprint density at radius 1 is 1.14 bits per heavy atom. The van der Waals surface area contributed by atoms with E-state index in [9.17, 15) is 9.59 Å². The molecule has 3 heterocycles. The van der Waals surface area contributed by atoms with E-state index in [1.165, 1.54) is 17.4 Å². The second-order valence-electron chi connectivity index (χ2n) is 7.86. The van der Waals surface area contributed by atoms with Gasteiger partial charge in [0.1, 0.15) is 4.88 Å². The van der Waals surface area contributed by atoms with E-state index in [2.05, 4.69) is 27.1 Å². The lowest BCUT2D eigenvalue weighted by molar-refractivity contribution is 0.0953. The summed E-state index contributed by atoms with van der Waals surface area (Å²) in [6.07, 6.45) is 0.901. The van der Waals surface area contributed by atoms with E-state index >= 15 is 0 Å². The lowest BCUT2D eigenvalue weighted by Crippen LogP contribution is -2.45. The molecule has 2 aromatic heterocycles. The molecule has 3 aromatic rings. The minimum Gasteiger partial charge on any atom is -0.351 e. The van der Waals surface area contributed by atoms with Gasteiger partial charge in [0.05, 0.1) is 11.0 Å². The van der Waals surface area contributed by atoms with Crippen molar-refractivity contribution in [3.8, 4) is 0 Å². The monoisotopic (exact) mass is 413 g/mol. The highest BCUT2D eigenvalue weighted by atomic mass is 32.1. The van der Waals surface area contributed by atoms with Crippen LogP contribution in [0.5, 0.6) is 0 Å². The van der Waals surface area contributed by atoms with Crippen LogP contribution in [0.3, 0.4) is 0 Å². The molecule has 0 radical (unpaired) electrons. The van der Waals surface area contributed by atoms with E-state index in [1.54, 1.807) is 4.40 Å². The molecule has 1 aromatic carbocycles. The van der Waals surface area contributed by atoms with Crippen LogP contribution in [0.15, 0.2) is 23.0 Å². The fraction of sp³-hybridized carbons (Fsp3) is 0.476. The van der Waals surface area contributed by atoms with Crippen molar-refractivity contribution in [2.24, 2.45) is 0 Å². The molecule has 1 saturated heterocycles. The fourth-order valence-corrected chi connectivity index (χ4v) is 4.62. The summed E-state index contributed by atoms with van der Waals surface area (Å²) < 4.78 is 1.59. The van der Waals surface area contributed by atoms with Gasteiger partial charge >= 0.3 is 0 Å². The Morgan fingerprint density at radius 3 is 2.62 bits per heavy atom. The fourth-order valence-electron chi connectivity index (χ4n) is 3.67. The normalized spacial score (nSPS) is 16.0. The van der Waals surface area contributed by atoms with Gasteiger partial charge in [-0.3, -0.25) is 14.0 Å².